The van der Waals surface area contributed by atoms with Crippen molar-refractivity contribution in [3.8, 4) is 33.4 Å². The number of benzene rings is 10. The Morgan fingerprint density at radius 2 is 0.857 bits per heavy atom. The highest BCUT2D eigenvalue weighted by molar-refractivity contribution is 6.15. The lowest BCUT2D eigenvalue weighted by Gasteiger charge is -2.30. The van der Waals surface area contributed by atoms with Gasteiger partial charge in [-0.15, -0.1) is 0 Å². The topological polar surface area (TPSA) is 16.4 Å². The van der Waals surface area contributed by atoms with E-state index in [-0.39, 0.29) is 0 Å². The van der Waals surface area contributed by atoms with Gasteiger partial charge in [0.15, 0.2) is 0 Å². The summed E-state index contributed by atoms with van der Waals surface area (Å²) in [6, 6.07) is 76.4. The van der Waals surface area contributed by atoms with Crippen LogP contribution in [-0.4, -0.2) is 0 Å². The molecule has 2 heteroatoms. The molecule has 10 aromatic carbocycles. The summed E-state index contributed by atoms with van der Waals surface area (Å²) < 4.78 is 6.80. The Kier molecular flexibility index (Phi) is 7.53. The largest absolute Gasteiger partial charge is 0.455 e. The molecule has 0 saturated carbocycles. The fourth-order valence-corrected chi connectivity index (χ4v) is 8.61. The van der Waals surface area contributed by atoms with Crippen LogP contribution in [0.1, 0.15) is 0 Å². The fraction of sp³-hybridized carbons (Fsp3) is 0. The van der Waals surface area contributed by atoms with Gasteiger partial charge in [-0.25, -0.2) is 0 Å². The number of anilines is 3. The highest BCUT2D eigenvalue weighted by Crippen LogP contribution is 2.47. The van der Waals surface area contributed by atoms with E-state index in [9.17, 15) is 0 Å². The summed E-state index contributed by atoms with van der Waals surface area (Å²) in [5, 5.41) is 9.65. The van der Waals surface area contributed by atoms with Gasteiger partial charge >= 0.3 is 0 Å². The van der Waals surface area contributed by atoms with Crippen molar-refractivity contribution in [2.24, 2.45) is 0 Å². The molecule has 0 aliphatic rings. The maximum Gasteiger partial charge on any atom is 0.143 e. The average molecular weight is 714 g/mol. The van der Waals surface area contributed by atoms with Gasteiger partial charge in [0.2, 0.25) is 0 Å². The zero-order chi connectivity index (χ0) is 37.0. The lowest BCUT2D eigenvalue weighted by atomic mass is 9.93. The Bertz CT molecular complexity index is 3250. The molecule has 0 radical (unpaired) electrons. The number of nitrogens with zero attached hydrogens (tertiary/aromatic N) is 1. The molecule has 1 aromatic heterocycles. The Labute approximate surface area is 325 Å². The van der Waals surface area contributed by atoms with E-state index < -0.39 is 0 Å². The van der Waals surface area contributed by atoms with Gasteiger partial charge in [0.25, 0.3) is 0 Å². The van der Waals surface area contributed by atoms with Crippen LogP contribution in [0.25, 0.3) is 87.6 Å². The zero-order valence-corrected chi connectivity index (χ0v) is 30.6. The van der Waals surface area contributed by atoms with E-state index in [1.807, 2.05) is 0 Å². The molecule has 0 amide bonds. The first-order chi connectivity index (χ1) is 27.8. The van der Waals surface area contributed by atoms with Crippen molar-refractivity contribution in [2.75, 3.05) is 4.90 Å². The third-order valence-corrected chi connectivity index (χ3v) is 11.2. The number of para-hydroxylation sites is 3. The molecule has 0 spiro atoms. The SMILES string of the molecule is c1ccc(-c2ccccc2N(c2ccc(-c3cc4ccccc4c4ccccc34)cc2)c2ccccc2-c2cccc3c2oc2cc4ccccc4cc23)cc1. The quantitative estimate of drug-likeness (QED) is 0.160. The molecular formula is C54H35NO. The highest BCUT2D eigenvalue weighted by Gasteiger charge is 2.23. The summed E-state index contributed by atoms with van der Waals surface area (Å²) in [6.07, 6.45) is 0. The van der Waals surface area contributed by atoms with E-state index in [2.05, 4.69) is 217 Å². The smallest absolute Gasteiger partial charge is 0.143 e. The van der Waals surface area contributed by atoms with Gasteiger partial charge in [0.1, 0.15) is 11.2 Å². The minimum Gasteiger partial charge on any atom is -0.455 e. The highest BCUT2D eigenvalue weighted by atomic mass is 16.3. The summed E-state index contributed by atoms with van der Waals surface area (Å²) in [4.78, 5) is 2.41. The molecule has 0 bridgehead atoms. The summed E-state index contributed by atoms with van der Waals surface area (Å²) >= 11 is 0. The van der Waals surface area contributed by atoms with Crippen molar-refractivity contribution in [1.29, 1.82) is 0 Å². The summed E-state index contributed by atoms with van der Waals surface area (Å²) in [5.41, 5.74) is 11.9. The molecule has 0 aliphatic heterocycles. The second-order valence-electron chi connectivity index (χ2n) is 14.5. The van der Waals surface area contributed by atoms with E-state index in [0.717, 1.165) is 61.3 Å². The van der Waals surface area contributed by atoms with Gasteiger partial charge in [-0.05, 0) is 91.5 Å². The first kappa shape index (κ1) is 32.0. The summed E-state index contributed by atoms with van der Waals surface area (Å²) in [5.74, 6) is 0. The second kappa shape index (κ2) is 13.2. The van der Waals surface area contributed by atoms with Crippen LogP contribution in [0.4, 0.5) is 17.1 Å². The van der Waals surface area contributed by atoms with Crippen molar-refractivity contribution in [3.63, 3.8) is 0 Å². The Morgan fingerprint density at radius 1 is 0.304 bits per heavy atom. The monoisotopic (exact) mass is 713 g/mol. The van der Waals surface area contributed by atoms with Crippen LogP contribution in [0.2, 0.25) is 0 Å². The molecule has 0 fully saturated rings. The lowest BCUT2D eigenvalue weighted by molar-refractivity contribution is 0.670. The maximum atomic E-state index is 6.80. The van der Waals surface area contributed by atoms with E-state index in [1.54, 1.807) is 0 Å². The van der Waals surface area contributed by atoms with Crippen LogP contribution in [0.3, 0.4) is 0 Å². The lowest BCUT2D eigenvalue weighted by Crippen LogP contribution is -2.12. The van der Waals surface area contributed by atoms with Crippen molar-refractivity contribution in [3.05, 3.63) is 212 Å². The average Bonchev–Trinajstić information content (AvgIpc) is 3.64. The van der Waals surface area contributed by atoms with E-state index >= 15 is 0 Å². The molecule has 0 aliphatic carbocycles. The maximum absolute atomic E-state index is 6.80. The first-order valence-electron chi connectivity index (χ1n) is 19.2. The molecule has 0 N–H and O–H groups in total. The van der Waals surface area contributed by atoms with Crippen LogP contribution in [-0.2, 0) is 0 Å². The summed E-state index contributed by atoms with van der Waals surface area (Å²) in [7, 11) is 0. The predicted molar refractivity (Wildman–Crippen MR) is 237 cm³/mol. The molecule has 56 heavy (non-hydrogen) atoms. The molecular weight excluding hydrogens is 679 g/mol. The van der Waals surface area contributed by atoms with Crippen LogP contribution in [0.5, 0.6) is 0 Å². The molecule has 11 aromatic rings. The van der Waals surface area contributed by atoms with Gasteiger partial charge in [-0.2, -0.15) is 0 Å². The Balaban J connectivity index is 1.12. The Morgan fingerprint density at radius 3 is 1.64 bits per heavy atom. The van der Waals surface area contributed by atoms with Crippen molar-refractivity contribution >= 4 is 71.3 Å². The number of hydrogen-bond donors (Lipinski definition) is 0. The van der Waals surface area contributed by atoms with Crippen LogP contribution < -0.4 is 4.90 Å². The summed E-state index contributed by atoms with van der Waals surface area (Å²) in [6.45, 7) is 0. The van der Waals surface area contributed by atoms with Gasteiger partial charge in [0.05, 0.1) is 11.4 Å². The second-order valence-corrected chi connectivity index (χ2v) is 14.5. The zero-order valence-electron chi connectivity index (χ0n) is 30.6. The third-order valence-electron chi connectivity index (χ3n) is 11.2. The molecule has 0 atom stereocenters. The molecule has 1 heterocycles. The third kappa shape index (κ3) is 5.26. The molecule has 0 unspecified atom stereocenters. The molecule has 11 rings (SSSR count). The van der Waals surface area contributed by atoms with Gasteiger partial charge in [-0.3, -0.25) is 0 Å². The normalized spacial score (nSPS) is 11.6. The van der Waals surface area contributed by atoms with Gasteiger partial charge in [-0.1, -0.05) is 170 Å². The number of hydrogen-bond acceptors (Lipinski definition) is 2. The Hall–Kier alpha value is -7.42. The van der Waals surface area contributed by atoms with Gasteiger partial charge < -0.3 is 9.32 Å². The standard InChI is InChI=1S/C54H35NO/c1-2-15-36(16-3-1)43-21-10-12-27-51(43)55(41-31-29-37(30-32-41)49-34-40-19-6-7-20-42(40)44-22-8-9-23-45(44)49)52-28-13-11-24-46(52)47-25-14-26-48-50-33-38-17-4-5-18-39(38)35-53(50)56-54(47)48/h1-35H. The predicted octanol–water partition coefficient (Wildman–Crippen LogP) is 15.5. The molecule has 262 valence electrons. The molecule has 0 saturated heterocycles. The van der Waals surface area contributed by atoms with Crippen LogP contribution in [0.15, 0.2) is 217 Å². The van der Waals surface area contributed by atoms with Crippen molar-refractivity contribution in [1.82, 2.24) is 0 Å². The minimum absolute atomic E-state index is 0.889. The van der Waals surface area contributed by atoms with E-state index in [0.29, 0.717) is 0 Å². The first-order valence-corrected chi connectivity index (χ1v) is 19.2. The van der Waals surface area contributed by atoms with Crippen molar-refractivity contribution in [2.45, 2.75) is 0 Å². The number of rotatable bonds is 6. The number of fused-ring (bicyclic) bond motifs is 7. The van der Waals surface area contributed by atoms with Crippen molar-refractivity contribution < 1.29 is 4.42 Å². The van der Waals surface area contributed by atoms with E-state index in [1.165, 1.54) is 43.4 Å². The van der Waals surface area contributed by atoms with E-state index in [4.69, 9.17) is 4.42 Å². The van der Waals surface area contributed by atoms with Gasteiger partial charge in [0, 0.05) is 33.2 Å². The number of furan rings is 1. The van der Waals surface area contributed by atoms with Crippen LogP contribution in [0, 0.1) is 0 Å². The fourth-order valence-electron chi connectivity index (χ4n) is 8.61. The minimum atomic E-state index is 0.889. The molecule has 2 nitrogen and oxygen atoms in total. The van der Waals surface area contributed by atoms with Crippen LogP contribution >= 0.6 is 0 Å².